The summed E-state index contributed by atoms with van der Waals surface area (Å²) in [4.78, 5) is 12.3. The Morgan fingerprint density at radius 3 is 2.65 bits per heavy atom. The van der Waals surface area contributed by atoms with Gasteiger partial charge < -0.3 is 10.5 Å². The molecule has 5 nitrogen and oxygen atoms in total. The van der Waals surface area contributed by atoms with E-state index in [0.717, 1.165) is 25.0 Å². The van der Waals surface area contributed by atoms with E-state index in [4.69, 9.17) is 10.5 Å². The van der Waals surface area contributed by atoms with Gasteiger partial charge in [0.1, 0.15) is 6.10 Å². The lowest BCUT2D eigenvalue weighted by Gasteiger charge is -2.31. The predicted octanol–water partition coefficient (Wildman–Crippen LogP) is 2.55. The van der Waals surface area contributed by atoms with E-state index >= 15 is 0 Å². The SMILES string of the molecule is CCc1nn(C)c(C(=O)OC2CCC(C)C(C)C2)c1N. The van der Waals surface area contributed by atoms with E-state index in [-0.39, 0.29) is 12.1 Å². The highest BCUT2D eigenvalue weighted by atomic mass is 16.5. The highest BCUT2D eigenvalue weighted by molar-refractivity contribution is 5.93. The number of nitrogens with zero attached hydrogens (tertiary/aromatic N) is 2. The van der Waals surface area contributed by atoms with Gasteiger partial charge in [-0.15, -0.1) is 0 Å². The second kappa shape index (κ2) is 5.85. The Bertz CT molecular complexity index is 496. The van der Waals surface area contributed by atoms with Crippen molar-refractivity contribution in [2.24, 2.45) is 18.9 Å². The third-order valence-corrected chi connectivity index (χ3v) is 4.51. The molecule has 2 rings (SSSR count). The number of nitrogens with two attached hydrogens (primary N) is 1. The van der Waals surface area contributed by atoms with Crippen molar-refractivity contribution in [1.82, 2.24) is 9.78 Å². The van der Waals surface area contributed by atoms with Crippen molar-refractivity contribution in [2.45, 2.75) is 52.6 Å². The number of anilines is 1. The van der Waals surface area contributed by atoms with Gasteiger partial charge in [-0.1, -0.05) is 20.8 Å². The lowest BCUT2D eigenvalue weighted by Crippen LogP contribution is -2.29. The normalized spacial score (nSPS) is 26.5. The van der Waals surface area contributed by atoms with Crippen LogP contribution < -0.4 is 5.73 Å². The molecule has 1 aliphatic rings. The standard InChI is InChI=1S/C15H25N3O2/c1-5-12-13(16)14(18(4)17-12)15(19)20-11-7-6-9(2)10(3)8-11/h9-11H,5-8,16H2,1-4H3. The Kier molecular flexibility index (Phi) is 4.35. The zero-order valence-corrected chi connectivity index (χ0v) is 12.8. The van der Waals surface area contributed by atoms with E-state index in [0.29, 0.717) is 29.6 Å². The number of ether oxygens (including phenoxy) is 1. The third kappa shape index (κ3) is 2.81. The quantitative estimate of drug-likeness (QED) is 0.863. The highest BCUT2D eigenvalue weighted by Crippen LogP contribution is 2.31. The van der Waals surface area contributed by atoms with Gasteiger partial charge in [-0.05, 0) is 37.5 Å². The Balaban J connectivity index is 2.07. The molecule has 1 saturated carbocycles. The molecule has 5 heteroatoms. The van der Waals surface area contributed by atoms with Crippen molar-refractivity contribution in [3.63, 3.8) is 0 Å². The highest BCUT2D eigenvalue weighted by Gasteiger charge is 2.29. The fourth-order valence-electron chi connectivity index (χ4n) is 2.91. The summed E-state index contributed by atoms with van der Waals surface area (Å²) in [5.74, 6) is 0.957. The Morgan fingerprint density at radius 2 is 2.10 bits per heavy atom. The maximum absolute atomic E-state index is 12.3. The first-order chi connectivity index (χ1) is 9.43. The summed E-state index contributed by atoms with van der Waals surface area (Å²) in [6.07, 6.45) is 3.71. The third-order valence-electron chi connectivity index (χ3n) is 4.51. The molecule has 0 aromatic carbocycles. The molecule has 0 aliphatic heterocycles. The zero-order chi connectivity index (χ0) is 14.9. The van der Waals surface area contributed by atoms with Crippen LogP contribution in [0.25, 0.3) is 0 Å². The second-order valence-electron chi connectivity index (χ2n) is 5.98. The van der Waals surface area contributed by atoms with Crippen LogP contribution in [0.15, 0.2) is 0 Å². The molecule has 112 valence electrons. The number of aryl methyl sites for hydroxylation is 2. The maximum Gasteiger partial charge on any atom is 0.359 e. The molecule has 1 aliphatic carbocycles. The number of carbonyl (C=O) groups is 1. The van der Waals surface area contributed by atoms with Crippen LogP contribution in [-0.4, -0.2) is 21.9 Å². The molecule has 1 aromatic rings. The summed E-state index contributed by atoms with van der Waals surface area (Å²) in [5.41, 5.74) is 7.58. The van der Waals surface area contributed by atoms with Crippen LogP contribution in [0.2, 0.25) is 0 Å². The fraction of sp³-hybridized carbons (Fsp3) is 0.733. The number of rotatable bonds is 3. The van der Waals surface area contributed by atoms with E-state index in [2.05, 4.69) is 18.9 Å². The Hall–Kier alpha value is -1.52. The second-order valence-corrected chi connectivity index (χ2v) is 5.98. The zero-order valence-electron chi connectivity index (χ0n) is 12.8. The van der Waals surface area contributed by atoms with E-state index in [1.165, 1.54) is 4.68 Å². The first-order valence-corrected chi connectivity index (χ1v) is 7.46. The van der Waals surface area contributed by atoms with Gasteiger partial charge in [-0.25, -0.2) is 4.79 Å². The first-order valence-electron chi connectivity index (χ1n) is 7.46. The number of hydrogen-bond donors (Lipinski definition) is 1. The van der Waals surface area contributed by atoms with Crippen LogP contribution in [0.4, 0.5) is 5.69 Å². The fourth-order valence-corrected chi connectivity index (χ4v) is 2.91. The topological polar surface area (TPSA) is 70.1 Å². The predicted molar refractivity (Wildman–Crippen MR) is 78.4 cm³/mol. The van der Waals surface area contributed by atoms with Gasteiger partial charge in [0.2, 0.25) is 0 Å². The lowest BCUT2D eigenvalue weighted by molar-refractivity contribution is 0.00781. The van der Waals surface area contributed by atoms with Gasteiger partial charge in [0.15, 0.2) is 5.69 Å². The molecule has 2 N–H and O–H groups in total. The first kappa shape index (κ1) is 14.9. The molecule has 0 bridgehead atoms. The summed E-state index contributed by atoms with van der Waals surface area (Å²) in [6.45, 7) is 6.45. The van der Waals surface area contributed by atoms with Gasteiger partial charge in [-0.3, -0.25) is 4.68 Å². The summed E-state index contributed by atoms with van der Waals surface area (Å²) in [5, 5.41) is 4.26. The number of aromatic nitrogens is 2. The molecule has 1 heterocycles. The van der Waals surface area contributed by atoms with Gasteiger partial charge in [0.25, 0.3) is 0 Å². The summed E-state index contributed by atoms with van der Waals surface area (Å²) in [7, 11) is 1.73. The van der Waals surface area contributed by atoms with Gasteiger partial charge in [0.05, 0.1) is 11.4 Å². The minimum atomic E-state index is -0.344. The van der Waals surface area contributed by atoms with E-state index in [9.17, 15) is 4.79 Å². The Labute approximate surface area is 120 Å². The van der Waals surface area contributed by atoms with Crippen molar-refractivity contribution in [2.75, 3.05) is 5.73 Å². The molecule has 1 aromatic heterocycles. The van der Waals surface area contributed by atoms with Gasteiger partial charge in [-0.2, -0.15) is 5.10 Å². The van der Waals surface area contributed by atoms with Crippen molar-refractivity contribution < 1.29 is 9.53 Å². The summed E-state index contributed by atoms with van der Waals surface area (Å²) in [6, 6.07) is 0. The number of hydrogen-bond acceptors (Lipinski definition) is 4. The average Bonchev–Trinajstić information content (AvgIpc) is 2.68. The number of nitrogen functional groups attached to an aromatic ring is 1. The van der Waals surface area contributed by atoms with Crippen molar-refractivity contribution in [3.8, 4) is 0 Å². The minimum Gasteiger partial charge on any atom is -0.458 e. The lowest BCUT2D eigenvalue weighted by atomic mass is 9.80. The molecule has 0 radical (unpaired) electrons. The maximum atomic E-state index is 12.3. The molecule has 1 fully saturated rings. The van der Waals surface area contributed by atoms with Crippen LogP contribution in [0, 0.1) is 11.8 Å². The van der Waals surface area contributed by atoms with E-state index in [1.807, 2.05) is 6.92 Å². The largest absolute Gasteiger partial charge is 0.458 e. The van der Waals surface area contributed by atoms with Crippen LogP contribution >= 0.6 is 0 Å². The van der Waals surface area contributed by atoms with Gasteiger partial charge >= 0.3 is 5.97 Å². The number of esters is 1. The van der Waals surface area contributed by atoms with E-state index < -0.39 is 0 Å². The van der Waals surface area contributed by atoms with Crippen molar-refractivity contribution in [3.05, 3.63) is 11.4 Å². The molecule has 0 spiro atoms. The summed E-state index contributed by atoms with van der Waals surface area (Å²) < 4.78 is 7.17. The van der Waals surface area contributed by atoms with Crippen molar-refractivity contribution >= 4 is 11.7 Å². The molecule has 0 saturated heterocycles. The van der Waals surface area contributed by atoms with Crippen LogP contribution in [-0.2, 0) is 18.2 Å². The van der Waals surface area contributed by atoms with Crippen molar-refractivity contribution in [1.29, 1.82) is 0 Å². The number of carbonyl (C=O) groups excluding carboxylic acids is 1. The van der Waals surface area contributed by atoms with Crippen LogP contribution in [0.1, 0.15) is 56.2 Å². The molecule has 20 heavy (non-hydrogen) atoms. The Morgan fingerprint density at radius 1 is 1.40 bits per heavy atom. The summed E-state index contributed by atoms with van der Waals surface area (Å²) >= 11 is 0. The smallest absolute Gasteiger partial charge is 0.359 e. The van der Waals surface area contributed by atoms with Crippen LogP contribution in [0.3, 0.4) is 0 Å². The molecule has 3 unspecified atom stereocenters. The average molecular weight is 279 g/mol. The minimum absolute atomic E-state index is 0.00748. The molecular formula is C15H25N3O2. The molecule has 3 atom stereocenters. The van der Waals surface area contributed by atoms with Gasteiger partial charge in [0, 0.05) is 7.05 Å². The molecule has 0 amide bonds. The van der Waals surface area contributed by atoms with E-state index in [1.54, 1.807) is 7.05 Å². The monoisotopic (exact) mass is 279 g/mol. The molecular weight excluding hydrogens is 254 g/mol. The van der Waals surface area contributed by atoms with Crippen LogP contribution in [0.5, 0.6) is 0 Å².